The van der Waals surface area contributed by atoms with Crippen molar-refractivity contribution in [1.29, 1.82) is 0 Å². The van der Waals surface area contributed by atoms with E-state index in [-0.39, 0.29) is 0 Å². The Kier molecular flexibility index (Phi) is 4.53. The summed E-state index contributed by atoms with van der Waals surface area (Å²) in [5.41, 5.74) is 0.479. The van der Waals surface area contributed by atoms with Crippen LogP contribution in [-0.2, 0) is 0 Å². The zero-order valence-electron chi connectivity index (χ0n) is 7.87. The van der Waals surface area contributed by atoms with Crippen LogP contribution in [0.15, 0.2) is 47.2 Å². The second-order valence-electron chi connectivity index (χ2n) is 2.51. The van der Waals surface area contributed by atoms with Gasteiger partial charge in [-0.05, 0) is 24.3 Å². The van der Waals surface area contributed by atoms with Gasteiger partial charge in [0.05, 0.1) is 6.26 Å². The van der Waals surface area contributed by atoms with E-state index in [4.69, 9.17) is 0 Å². The summed E-state index contributed by atoms with van der Waals surface area (Å²) in [6, 6.07) is 8.48. The first kappa shape index (κ1) is 10.8. The van der Waals surface area contributed by atoms with E-state index in [1.54, 1.807) is 36.5 Å². The van der Waals surface area contributed by atoms with Crippen LogP contribution in [0.4, 0.5) is 0 Å². The maximum absolute atomic E-state index is 9.94. The second kappa shape index (κ2) is 6.26. The third-order valence-corrected chi connectivity index (χ3v) is 1.47. The van der Waals surface area contributed by atoms with Crippen molar-refractivity contribution in [3.05, 3.63) is 54.2 Å². The summed E-state index contributed by atoms with van der Waals surface area (Å²) < 4.78 is 4.61. The van der Waals surface area contributed by atoms with Gasteiger partial charge in [0.2, 0.25) is 0 Å². The summed E-state index contributed by atoms with van der Waals surface area (Å²) >= 11 is 0. The van der Waals surface area contributed by atoms with Crippen molar-refractivity contribution in [3.63, 3.8) is 0 Å². The van der Waals surface area contributed by atoms with Crippen LogP contribution in [0.5, 0.6) is 0 Å². The molecule has 0 bridgehead atoms. The van der Waals surface area contributed by atoms with E-state index in [1.807, 2.05) is 0 Å². The Morgan fingerprint density at radius 2 is 1.93 bits per heavy atom. The number of hydrogen-bond acceptors (Lipinski definition) is 4. The monoisotopic (exact) mass is 203 g/mol. The maximum Gasteiger partial charge on any atom is 0.185 e. The van der Waals surface area contributed by atoms with Crippen molar-refractivity contribution in [2.75, 3.05) is 0 Å². The highest BCUT2D eigenvalue weighted by Gasteiger charge is 1.84. The summed E-state index contributed by atoms with van der Waals surface area (Å²) in [5.74, 6) is 0.375. The predicted molar refractivity (Wildman–Crippen MR) is 53.7 cm³/mol. The van der Waals surface area contributed by atoms with E-state index >= 15 is 0 Å². The summed E-state index contributed by atoms with van der Waals surface area (Å²) in [6.07, 6.45) is 4.44. The molecule has 76 valence electrons. The Morgan fingerprint density at radius 3 is 2.27 bits per heavy atom. The van der Waals surface area contributed by atoms with Crippen LogP contribution in [0.25, 0.3) is 0 Å². The van der Waals surface area contributed by atoms with Gasteiger partial charge in [0.1, 0.15) is 5.69 Å². The van der Waals surface area contributed by atoms with Gasteiger partial charge in [-0.2, -0.15) is 0 Å². The van der Waals surface area contributed by atoms with Crippen molar-refractivity contribution in [1.82, 2.24) is 4.98 Å². The van der Waals surface area contributed by atoms with Crippen molar-refractivity contribution in [2.24, 2.45) is 0 Å². The van der Waals surface area contributed by atoms with E-state index in [0.717, 1.165) is 6.29 Å². The molecule has 0 aliphatic carbocycles. The molecule has 0 aliphatic heterocycles. The highest BCUT2D eigenvalue weighted by Crippen LogP contribution is 1.92. The maximum atomic E-state index is 9.94. The molecule has 2 aromatic heterocycles. The summed E-state index contributed by atoms with van der Waals surface area (Å²) in [4.78, 5) is 23.4. The number of furan rings is 1. The fourth-order valence-corrected chi connectivity index (χ4v) is 0.804. The molecular weight excluding hydrogens is 194 g/mol. The van der Waals surface area contributed by atoms with Crippen molar-refractivity contribution in [3.8, 4) is 0 Å². The minimum absolute atomic E-state index is 0.375. The van der Waals surface area contributed by atoms with Crippen LogP contribution in [0.3, 0.4) is 0 Å². The average molecular weight is 203 g/mol. The van der Waals surface area contributed by atoms with E-state index in [0.29, 0.717) is 17.7 Å². The second-order valence-corrected chi connectivity index (χ2v) is 2.51. The van der Waals surface area contributed by atoms with E-state index in [9.17, 15) is 9.59 Å². The normalized spacial score (nSPS) is 8.53. The van der Waals surface area contributed by atoms with Crippen molar-refractivity contribution < 1.29 is 14.0 Å². The number of pyridine rings is 1. The number of nitrogens with zero attached hydrogens (tertiary/aromatic N) is 1. The molecule has 4 heteroatoms. The first-order valence-electron chi connectivity index (χ1n) is 4.21. The molecule has 4 nitrogen and oxygen atoms in total. The summed E-state index contributed by atoms with van der Waals surface area (Å²) in [5, 5.41) is 0. The molecule has 2 rings (SSSR count). The van der Waals surface area contributed by atoms with Crippen LogP contribution < -0.4 is 0 Å². The predicted octanol–water partition coefficient (Wildman–Crippen LogP) is 1.99. The third-order valence-electron chi connectivity index (χ3n) is 1.47. The SMILES string of the molecule is O=Cc1ccccn1.O=Cc1ccco1. The molecule has 0 radical (unpaired) electrons. The van der Waals surface area contributed by atoms with Gasteiger partial charge < -0.3 is 4.42 Å². The Bertz CT molecular complexity index is 395. The lowest BCUT2D eigenvalue weighted by molar-refractivity contribution is 0.109. The fourth-order valence-electron chi connectivity index (χ4n) is 0.804. The smallest absolute Gasteiger partial charge is 0.185 e. The largest absolute Gasteiger partial charge is 0.462 e. The Morgan fingerprint density at radius 1 is 1.07 bits per heavy atom. The fraction of sp³-hybridized carbons (Fsp3) is 0. The minimum atomic E-state index is 0.375. The van der Waals surface area contributed by atoms with Crippen molar-refractivity contribution in [2.45, 2.75) is 0 Å². The van der Waals surface area contributed by atoms with Crippen LogP contribution in [0, 0.1) is 0 Å². The van der Waals surface area contributed by atoms with Gasteiger partial charge in [-0.1, -0.05) is 6.07 Å². The molecule has 0 fully saturated rings. The van der Waals surface area contributed by atoms with Crippen LogP contribution in [0.1, 0.15) is 21.0 Å². The molecule has 2 heterocycles. The molecule has 0 amide bonds. The molecule has 0 aliphatic rings. The zero-order valence-corrected chi connectivity index (χ0v) is 7.87. The lowest BCUT2D eigenvalue weighted by Crippen LogP contribution is -1.80. The molecule has 0 N–H and O–H groups in total. The van der Waals surface area contributed by atoms with Gasteiger partial charge in [-0.15, -0.1) is 0 Å². The Balaban J connectivity index is 0.000000151. The molecule has 0 saturated heterocycles. The number of carbonyl (C=O) groups excluding carboxylic acids is 2. The standard InChI is InChI=1S/C6H5NO.C5H4O2/c8-5-6-3-1-2-4-7-6;6-4-5-2-1-3-7-5/h1-5H;1-4H. The third kappa shape index (κ3) is 3.99. The minimum Gasteiger partial charge on any atom is -0.462 e. The molecule has 15 heavy (non-hydrogen) atoms. The first-order chi connectivity index (χ1) is 7.36. The zero-order chi connectivity index (χ0) is 10.9. The number of rotatable bonds is 2. The molecular formula is C11H9NO3. The average Bonchev–Trinajstić information content (AvgIpc) is 2.84. The first-order valence-corrected chi connectivity index (χ1v) is 4.21. The van der Waals surface area contributed by atoms with Crippen LogP contribution in [0.2, 0.25) is 0 Å². The summed E-state index contributed by atoms with van der Waals surface area (Å²) in [7, 11) is 0. The molecule has 2 aromatic rings. The molecule has 0 atom stereocenters. The number of hydrogen-bond donors (Lipinski definition) is 0. The Hall–Kier alpha value is -2.23. The van der Waals surface area contributed by atoms with Crippen molar-refractivity contribution >= 4 is 12.6 Å². The molecule has 0 spiro atoms. The molecule has 0 saturated carbocycles. The van der Waals surface area contributed by atoms with E-state index in [1.165, 1.54) is 6.26 Å². The van der Waals surface area contributed by atoms with E-state index < -0.39 is 0 Å². The highest BCUT2D eigenvalue weighted by molar-refractivity contribution is 5.71. The van der Waals surface area contributed by atoms with Gasteiger partial charge >= 0.3 is 0 Å². The quantitative estimate of drug-likeness (QED) is 0.700. The van der Waals surface area contributed by atoms with Gasteiger partial charge in [-0.25, -0.2) is 0 Å². The van der Waals surface area contributed by atoms with Gasteiger partial charge in [0.25, 0.3) is 0 Å². The molecule has 0 aromatic carbocycles. The topological polar surface area (TPSA) is 60.2 Å². The summed E-state index contributed by atoms with van der Waals surface area (Å²) in [6.45, 7) is 0. The lowest BCUT2D eigenvalue weighted by atomic mass is 10.4. The van der Waals surface area contributed by atoms with E-state index in [2.05, 4.69) is 9.40 Å². The van der Waals surface area contributed by atoms with Crippen LogP contribution in [-0.4, -0.2) is 17.6 Å². The number of aromatic nitrogens is 1. The number of carbonyl (C=O) groups is 2. The number of aldehydes is 2. The van der Waals surface area contributed by atoms with Gasteiger partial charge in [0.15, 0.2) is 18.3 Å². The highest BCUT2D eigenvalue weighted by atomic mass is 16.3. The van der Waals surface area contributed by atoms with Crippen LogP contribution >= 0.6 is 0 Å². The lowest BCUT2D eigenvalue weighted by Gasteiger charge is -1.81. The Labute approximate surface area is 86.6 Å². The van der Waals surface area contributed by atoms with Gasteiger partial charge in [0, 0.05) is 6.20 Å². The molecule has 0 unspecified atom stereocenters. The van der Waals surface area contributed by atoms with Gasteiger partial charge in [-0.3, -0.25) is 14.6 Å².